The molecule has 0 spiro atoms. The van der Waals surface area contributed by atoms with Crippen LogP contribution in [0.15, 0.2) is 26.2 Å². The molecule has 0 saturated heterocycles. The van der Waals surface area contributed by atoms with Crippen LogP contribution < -0.4 is 16.4 Å². The van der Waals surface area contributed by atoms with Gasteiger partial charge in [0.1, 0.15) is 0 Å². The van der Waals surface area contributed by atoms with Crippen molar-refractivity contribution < 1.29 is 0 Å². The Morgan fingerprint density at radius 2 is 1.95 bits per heavy atom. The van der Waals surface area contributed by atoms with Gasteiger partial charge in [0.15, 0.2) is 0 Å². The number of nitrogens with one attached hydrogen (secondary N) is 3. The number of rotatable bonds is 4. The number of benzene rings is 1. The number of H-pyrrole nitrogens is 2. The second kappa shape index (κ2) is 5.71. The highest BCUT2D eigenvalue weighted by Gasteiger charge is 2.07. The molecule has 0 aliphatic rings. The minimum atomic E-state index is -0.641. The summed E-state index contributed by atoms with van der Waals surface area (Å²) >= 11 is 3.40. The Bertz CT molecular complexity index is 703. The van der Waals surface area contributed by atoms with Gasteiger partial charge in [0.2, 0.25) is 0 Å². The van der Waals surface area contributed by atoms with Gasteiger partial charge in [0.05, 0.1) is 11.0 Å². The van der Waals surface area contributed by atoms with Crippen LogP contribution in [0.1, 0.15) is 19.4 Å². The third-order valence-corrected chi connectivity index (χ3v) is 3.08. The maximum atomic E-state index is 11.4. The van der Waals surface area contributed by atoms with Crippen molar-refractivity contribution in [3.05, 3.63) is 49.4 Å². The highest BCUT2D eigenvalue weighted by Crippen LogP contribution is 2.20. The lowest BCUT2D eigenvalue weighted by Gasteiger charge is -2.10. The molecule has 2 aromatic rings. The second-order valence-electron chi connectivity index (χ2n) is 4.69. The third-order valence-electron chi connectivity index (χ3n) is 2.62. The van der Waals surface area contributed by atoms with Gasteiger partial charge in [-0.15, -0.1) is 0 Å². The summed E-state index contributed by atoms with van der Waals surface area (Å²) < 4.78 is 0.851. The van der Waals surface area contributed by atoms with E-state index in [9.17, 15) is 9.59 Å². The topological polar surface area (TPSA) is 77.8 Å². The Morgan fingerprint density at radius 1 is 1.26 bits per heavy atom. The Kier molecular flexibility index (Phi) is 4.21. The lowest BCUT2D eigenvalue weighted by Crippen LogP contribution is -2.29. The zero-order chi connectivity index (χ0) is 14.0. The quantitative estimate of drug-likeness (QED) is 0.751. The molecule has 0 saturated carbocycles. The molecule has 5 nitrogen and oxygen atoms in total. The van der Waals surface area contributed by atoms with E-state index in [1.807, 2.05) is 12.6 Å². The predicted octanol–water partition coefficient (Wildman–Crippen LogP) is 1.89. The molecule has 2 rings (SSSR count). The second-order valence-corrected chi connectivity index (χ2v) is 5.60. The van der Waals surface area contributed by atoms with Crippen molar-refractivity contribution in [1.29, 1.82) is 0 Å². The van der Waals surface area contributed by atoms with Crippen LogP contribution in [0.25, 0.3) is 11.0 Å². The molecule has 0 unspecified atom stereocenters. The van der Waals surface area contributed by atoms with Crippen LogP contribution in [0, 0.1) is 12.5 Å². The zero-order valence-corrected chi connectivity index (χ0v) is 12.3. The van der Waals surface area contributed by atoms with E-state index in [0.717, 1.165) is 10.0 Å². The molecular weight excluding hydrogens is 310 g/mol. The normalized spacial score (nSPS) is 11.4. The average molecular weight is 325 g/mol. The summed E-state index contributed by atoms with van der Waals surface area (Å²) in [6.45, 7) is 6.71. The van der Waals surface area contributed by atoms with Gasteiger partial charge in [0, 0.05) is 17.6 Å². The highest BCUT2D eigenvalue weighted by molar-refractivity contribution is 9.10. The van der Waals surface area contributed by atoms with Gasteiger partial charge >= 0.3 is 11.1 Å². The minimum Gasteiger partial charge on any atom is -0.316 e. The van der Waals surface area contributed by atoms with Crippen molar-refractivity contribution in [2.24, 2.45) is 5.92 Å². The van der Waals surface area contributed by atoms with Gasteiger partial charge in [-0.3, -0.25) is 9.59 Å². The third kappa shape index (κ3) is 3.33. The fraction of sp³-hybridized carbons (Fsp3) is 0.308. The summed E-state index contributed by atoms with van der Waals surface area (Å²) in [6, 6.07) is 3.68. The Labute approximate surface area is 118 Å². The molecule has 1 aromatic heterocycles. The van der Waals surface area contributed by atoms with E-state index in [2.05, 4.69) is 45.1 Å². The van der Waals surface area contributed by atoms with Gasteiger partial charge in [-0.25, -0.2) is 0 Å². The minimum absolute atomic E-state index is 0.428. The number of fused-ring (bicyclic) bond motifs is 1. The van der Waals surface area contributed by atoms with Gasteiger partial charge < -0.3 is 15.3 Å². The molecule has 1 aromatic carbocycles. The first-order chi connectivity index (χ1) is 8.97. The summed E-state index contributed by atoms with van der Waals surface area (Å²) in [5.41, 5.74) is 0.898. The molecular formula is C13H15BrN3O2. The van der Waals surface area contributed by atoms with Crippen LogP contribution in [0.5, 0.6) is 0 Å². The van der Waals surface area contributed by atoms with Crippen LogP contribution in [0.4, 0.5) is 0 Å². The molecule has 0 atom stereocenters. The summed E-state index contributed by atoms with van der Waals surface area (Å²) in [7, 11) is 0. The number of hydrogen-bond acceptors (Lipinski definition) is 3. The molecule has 0 aliphatic carbocycles. The van der Waals surface area contributed by atoms with Crippen LogP contribution in [-0.4, -0.2) is 9.97 Å². The van der Waals surface area contributed by atoms with E-state index in [4.69, 9.17) is 0 Å². The summed E-state index contributed by atoms with van der Waals surface area (Å²) in [5, 5.41) is 3.19. The fourth-order valence-electron chi connectivity index (χ4n) is 1.80. The highest BCUT2D eigenvalue weighted by atomic mass is 79.9. The first kappa shape index (κ1) is 14.0. The van der Waals surface area contributed by atoms with Gasteiger partial charge in [-0.1, -0.05) is 29.8 Å². The molecule has 0 aliphatic heterocycles. The summed E-state index contributed by atoms with van der Waals surface area (Å²) in [5.74, 6) is 0.428. The van der Waals surface area contributed by atoms with Crippen molar-refractivity contribution in [1.82, 2.24) is 15.3 Å². The monoisotopic (exact) mass is 324 g/mol. The van der Waals surface area contributed by atoms with Gasteiger partial charge in [0.25, 0.3) is 0 Å². The van der Waals surface area contributed by atoms with Gasteiger partial charge in [-0.2, -0.15) is 0 Å². The summed E-state index contributed by atoms with van der Waals surface area (Å²) in [6.07, 6.45) is 0. The van der Waals surface area contributed by atoms with Crippen LogP contribution >= 0.6 is 15.9 Å². The molecule has 0 fully saturated rings. The molecule has 1 radical (unpaired) electrons. The molecule has 0 bridgehead atoms. The van der Waals surface area contributed by atoms with E-state index < -0.39 is 11.1 Å². The predicted molar refractivity (Wildman–Crippen MR) is 78.9 cm³/mol. The standard InChI is InChI=1S/C13H15BrN3O2/c1-7(2)5-15-6-8-3-9(14)4-10-11(8)17-13(19)12(18)16-10/h3-5,7,15H,6H2,1-2H3,(H,16,18)(H,17,19). The number of aromatic nitrogens is 2. The first-order valence-corrected chi connectivity index (χ1v) is 6.78. The van der Waals surface area contributed by atoms with E-state index in [1.54, 1.807) is 6.07 Å². The van der Waals surface area contributed by atoms with E-state index in [0.29, 0.717) is 23.5 Å². The van der Waals surface area contributed by atoms with Crippen molar-refractivity contribution in [2.75, 3.05) is 0 Å². The van der Waals surface area contributed by atoms with Crippen molar-refractivity contribution in [2.45, 2.75) is 20.4 Å². The average Bonchev–Trinajstić information content (AvgIpc) is 2.31. The number of aromatic amines is 2. The molecule has 3 N–H and O–H groups in total. The molecule has 19 heavy (non-hydrogen) atoms. The number of halogens is 1. The Hall–Kier alpha value is -1.40. The van der Waals surface area contributed by atoms with E-state index >= 15 is 0 Å². The smallest absolute Gasteiger partial charge is 0.314 e. The molecule has 6 heteroatoms. The zero-order valence-electron chi connectivity index (χ0n) is 10.7. The van der Waals surface area contributed by atoms with Crippen LogP contribution in [0.3, 0.4) is 0 Å². The fourth-order valence-corrected chi connectivity index (χ4v) is 2.31. The summed E-state index contributed by atoms with van der Waals surface area (Å²) in [4.78, 5) is 27.9. The lowest BCUT2D eigenvalue weighted by molar-refractivity contribution is 0.642. The van der Waals surface area contributed by atoms with E-state index in [1.165, 1.54) is 0 Å². The number of hydrogen-bond donors (Lipinski definition) is 3. The first-order valence-electron chi connectivity index (χ1n) is 5.99. The maximum Gasteiger partial charge on any atom is 0.314 e. The lowest BCUT2D eigenvalue weighted by atomic mass is 10.1. The Balaban J connectivity index is 2.44. The Morgan fingerprint density at radius 3 is 2.63 bits per heavy atom. The maximum absolute atomic E-state index is 11.4. The van der Waals surface area contributed by atoms with E-state index in [-0.39, 0.29) is 0 Å². The molecule has 0 amide bonds. The van der Waals surface area contributed by atoms with Crippen LogP contribution in [0.2, 0.25) is 0 Å². The molecule has 101 valence electrons. The SMILES string of the molecule is CC(C)[CH]NCc1cc(Br)cc2[nH]c(=O)c(=O)[nH]c12. The van der Waals surface area contributed by atoms with Gasteiger partial charge in [-0.05, 0) is 23.6 Å². The van der Waals surface area contributed by atoms with Crippen molar-refractivity contribution >= 4 is 27.0 Å². The largest absolute Gasteiger partial charge is 0.316 e. The van der Waals surface area contributed by atoms with Crippen LogP contribution in [-0.2, 0) is 6.54 Å². The van der Waals surface area contributed by atoms with Crippen molar-refractivity contribution in [3.8, 4) is 0 Å². The molecule has 1 heterocycles. The van der Waals surface area contributed by atoms with Crippen molar-refractivity contribution in [3.63, 3.8) is 0 Å².